The number of amides is 1. The van der Waals surface area contributed by atoms with Gasteiger partial charge in [0.2, 0.25) is 0 Å². The van der Waals surface area contributed by atoms with Gasteiger partial charge in [0.15, 0.2) is 0 Å². The monoisotopic (exact) mass is 300 g/mol. The Hall–Kier alpha value is -1.98. The van der Waals surface area contributed by atoms with Gasteiger partial charge in [-0.3, -0.25) is 4.79 Å². The van der Waals surface area contributed by atoms with E-state index in [0.717, 1.165) is 23.7 Å². The van der Waals surface area contributed by atoms with Crippen LogP contribution in [0.3, 0.4) is 0 Å². The molecule has 5 heteroatoms. The molecule has 1 aliphatic rings. The summed E-state index contributed by atoms with van der Waals surface area (Å²) in [6, 6.07) is 11.3. The third-order valence-electron chi connectivity index (χ3n) is 4.34. The quantitative estimate of drug-likeness (QED) is 0.902. The normalized spacial score (nSPS) is 17.3. The van der Waals surface area contributed by atoms with Crippen LogP contribution in [0.2, 0.25) is 0 Å². The van der Waals surface area contributed by atoms with Crippen molar-refractivity contribution in [2.24, 2.45) is 5.41 Å². The summed E-state index contributed by atoms with van der Waals surface area (Å²) < 4.78 is 5.33. The van der Waals surface area contributed by atoms with Gasteiger partial charge >= 0.3 is 0 Å². The fourth-order valence-corrected chi connectivity index (χ4v) is 2.75. The zero-order chi connectivity index (χ0) is 15.4. The molecule has 0 bridgehead atoms. The van der Waals surface area contributed by atoms with Crippen LogP contribution < -0.4 is 5.32 Å². The largest absolute Gasteiger partial charge is 0.396 e. The standard InChI is InChI=1S/C17H20N2O3/c20-12-17(7-9-22-10-8-17)11-18-16(21)15-6-5-13-3-1-2-4-14(13)19-15/h1-6,20H,7-12H2,(H,18,21). The van der Waals surface area contributed by atoms with Crippen LogP contribution in [0.25, 0.3) is 10.9 Å². The number of hydrogen-bond donors (Lipinski definition) is 2. The van der Waals surface area contributed by atoms with Gasteiger partial charge in [-0.15, -0.1) is 0 Å². The Morgan fingerprint density at radius 3 is 2.77 bits per heavy atom. The summed E-state index contributed by atoms with van der Waals surface area (Å²) in [6.07, 6.45) is 1.52. The summed E-state index contributed by atoms with van der Waals surface area (Å²) in [5, 5.41) is 13.6. The van der Waals surface area contributed by atoms with E-state index in [-0.39, 0.29) is 17.9 Å². The summed E-state index contributed by atoms with van der Waals surface area (Å²) in [4.78, 5) is 16.7. The van der Waals surface area contributed by atoms with Crippen molar-refractivity contribution in [2.45, 2.75) is 12.8 Å². The Morgan fingerprint density at radius 2 is 2.00 bits per heavy atom. The highest BCUT2D eigenvalue weighted by Gasteiger charge is 2.32. The Kier molecular flexibility index (Phi) is 4.36. The summed E-state index contributed by atoms with van der Waals surface area (Å²) in [5.74, 6) is -0.204. The number of rotatable bonds is 4. The maximum absolute atomic E-state index is 12.3. The number of aliphatic hydroxyl groups is 1. The molecule has 1 amide bonds. The SMILES string of the molecule is O=C(NCC1(CO)CCOCC1)c1ccc2ccccc2n1. The minimum absolute atomic E-state index is 0.0573. The van der Waals surface area contributed by atoms with Crippen LogP contribution in [0.5, 0.6) is 0 Å². The fourth-order valence-electron chi connectivity index (χ4n) is 2.75. The molecule has 1 aromatic heterocycles. The number of aromatic nitrogens is 1. The van der Waals surface area contributed by atoms with Crippen molar-refractivity contribution in [1.29, 1.82) is 0 Å². The van der Waals surface area contributed by atoms with E-state index in [1.165, 1.54) is 0 Å². The maximum atomic E-state index is 12.3. The van der Waals surface area contributed by atoms with E-state index in [1.807, 2.05) is 30.3 Å². The number of benzene rings is 1. The second-order valence-electron chi connectivity index (χ2n) is 5.84. The third-order valence-corrected chi connectivity index (χ3v) is 4.34. The van der Waals surface area contributed by atoms with Crippen LogP contribution in [0.4, 0.5) is 0 Å². The Labute approximate surface area is 129 Å². The first-order valence-corrected chi connectivity index (χ1v) is 7.55. The molecule has 3 rings (SSSR count). The van der Waals surface area contributed by atoms with Crippen LogP contribution >= 0.6 is 0 Å². The number of carbonyl (C=O) groups is 1. The minimum Gasteiger partial charge on any atom is -0.396 e. The van der Waals surface area contributed by atoms with Crippen molar-refractivity contribution in [1.82, 2.24) is 10.3 Å². The highest BCUT2D eigenvalue weighted by molar-refractivity contribution is 5.94. The van der Waals surface area contributed by atoms with Crippen LogP contribution in [-0.4, -0.2) is 42.4 Å². The molecule has 0 saturated carbocycles. The summed E-state index contributed by atoms with van der Waals surface area (Å²) in [5.41, 5.74) is 0.932. The first kappa shape index (κ1) is 14.9. The van der Waals surface area contributed by atoms with Crippen molar-refractivity contribution in [3.63, 3.8) is 0 Å². The molecule has 0 spiro atoms. The lowest BCUT2D eigenvalue weighted by molar-refractivity contribution is -0.0146. The molecule has 0 unspecified atom stereocenters. The molecule has 5 nitrogen and oxygen atoms in total. The number of carbonyl (C=O) groups excluding carboxylic acids is 1. The number of fused-ring (bicyclic) bond motifs is 1. The number of aliphatic hydroxyl groups excluding tert-OH is 1. The van der Waals surface area contributed by atoms with Gasteiger partial charge in [-0.05, 0) is 25.0 Å². The predicted molar refractivity (Wildman–Crippen MR) is 83.6 cm³/mol. The molecule has 2 heterocycles. The number of para-hydroxylation sites is 1. The van der Waals surface area contributed by atoms with E-state index in [2.05, 4.69) is 10.3 Å². The van der Waals surface area contributed by atoms with Crippen LogP contribution in [0.1, 0.15) is 23.3 Å². The summed E-state index contributed by atoms with van der Waals surface area (Å²) >= 11 is 0. The molecule has 2 aromatic rings. The Bertz CT molecular complexity index is 666. The number of hydrogen-bond acceptors (Lipinski definition) is 4. The minimum atomic E-state index is -0.273. The molecule has 2 N–H and O–H groups in total. The smallest absolute Gasteiger partial charge is 0.269 e. The molecule has 1 aliphatic heterocycles. The lowest BCUT2D eigenvalue weighted by Crippen LogP contribution is -2.43. The van der Waals surface area contributed by atoms with Crippen molar-refractivity contribution < 1.29 is 14.6 Å². The molecular weight excluding hydrogens is 280 g/mol. The van der Waals surface area contributed by atoms with Crippen molar-refractivity contribution in [3.05, 3.63) is 42.1 Å². The number of pyridine rings is 1. The predicted octanol–water partition coefficient (Wildman–Crippen LogP) is 1.75. The lowest BCUT2D eigenvalue weighted by atomic mass is 9.81. The van der Waals surface area contributed by atoms with Gasteiger partial charge in [0.05, 0.1) is 12.1 Å². The van der Waals surface area contributed by atoms with E-state index in [4.69, 9.17) is 4.74 Å². The summed E-state index contributed by atoms with van der Waals surface area (Å²) in [6.45, 7) is 1.76. The van der Waals surface area contributed by atoms with E-state index in [0.29, 0.717) is 25.5 Å². The van der Waals surface area contributed by atoms with Gasteiger partial charge in [-0.25, -0.2) is 4.98 Å². The third kappa shape index (κ3) is 3.10. The number of nitrogens with one attached hydrogen (secondary N) is 1. The van der Waals surface area contributed by atoms with E-state index in [9.17, 15) is 9.90 Å². The van der Waals surface area contributed by atoms with E-state index < -0.39 is 0 Å². The zero-order valence-electron chi connectivity index (χ0n) is 12.4. The average Bonchev–Trinajstić information content (AvgIpc) is 2.60. The van der Waals surface area contributed by atoms with Gasteiger partial charge in [0.25, 0.3) is 5.91 Å². The first-order chi connectivity index (χ1) is 10.7. The van der Waals surface area contributed by atoms with Gasteiger partial charge in [0, 0.05) is 30.6 Å². The lowest BCUT2D eigenvalue weighted by Gasteiger charge is -2.35. The molecule has 22 heavy (non-hydrogen) atoms. The Morgan fingerprint density at radius 1 is 1.23 bits per heavy atom. The second kappa shape index (κ2) is 6.42. The molecule has 1 aromatic carbocycles. The number of ether oxygens (including phenoxy) is 1. The van der Waals surface area contributed by atoms with Crippen LogP contribution in [-0.2, 0) is 4.74 Å². The zero-order valence-corrected chi connectivity index (χ0v) is 12.4. The first-order valence-electron chi connectivity index (χ1n) is 7.55. The van der Waals surface area contributed by atoms with Gasteiger partial charge in [0.1, 0.15) is 5.69 Å². The van der Waals surface area contributed by atoms with Crippen molar-refractivity contribution in [2.75, 3.05) is 26.4 Å². The molecular formula is C17H20N2O3. The molecule has 0 aliphatic carbocycles. The fraction of sp³-hybridized carbons (Fsp3) is 0.412. The van der Waals surface area contributed by atoms with Gasteiger partial charge in [-0.2, -0.15) is 0 Å². The second-order valence-corrected chi connectivity index (χ2v) is 5.84. The highest BCUT2D eigenvalue weighted by atomic mass is 16.5. The van der Waals surface area contributed by atoms with Crippen molar-refractivity contribution in [3.8, 4) is 0 Å². The summed E-state index contributed by atoms with van der Waals surface area (Å²) in [7, 11) is 0. The Balaban J connectivity index is 1.70. The van der Waals surface area contributed by atoms with Gasteiger partial charge < -0.3 is 15.2 Å². The van der Waals surface area contributed by atoms with Crippen LogP contribution in [0.15, 0.2) is 36.4 Å². The molecule has 0 atom stereocenters. The molecule has 0 radical (unpaired) electrons. The van der Waals surface area contributed by atoms with E-state index in [1.54, 1.807) is 6.07 Å². The topological polar surface area (TPSA) is 71.5 Å². The number of nitrogens with zero attached hydrogens (tertiary/aromatic N) is 1. The maximum Gasteiger partial charge on any atom is 0.269 e. The highest BCUT2D eigenvalue weighted by Crippen LogP contribution is 2.29. The molecule has 116 valence electrons. The molecule has 1 saturated heterocycles. The van der Waals surface area contributed by atoms with E-state index >= 15 is 0 Å². The van der Waals surface area contributed by atoms with Gasteiger partial charge in [-0.1, -0.05) is 24.3 Å². The van der Waals surface area contributed by atoms with Crippen molar-refractivity contribution >= 4 is 16.8 Å². The molecule has 1 fully saturated rings. The average molecular weight is 300 g/mol. The van der Waals surface area contributed by atoms with Crippen LogP contribution in [0, 0.1) is 5.41 Å².